The summed E-state index contributed by atoms with van der Waals surface area (Å²) in [4.78, 5) is 24.4. The molecule has 20 heavy (non-hydrogen) atoms. The Morgan fingerprint density at radius 2 is 1.90 bits per heavy atom. The number of nitrogens with one attached hydrogen (secondary N) is 1. The lowest BCUT2D eigenvalue weighted by Gasteiger charge is -2.21. The molecule has 0 saturated carbocycles. The summed E-state index contributed by atoms with van der Waals surface area (Å²) in [6.45, 7) is 4.88. The van der Waals surface area contributed by atoms with Gasteiger partial charge >= 0.3 is 5.97 Å². The van der Waals surface area contributed by atoms with E-state index < -0.39 is 5.97 Å². The number of carbonyl (C=O) groups is 2. The summed E-state index contributed by atoms with van der Waals surface area (Å²) in [5, 5.41) is 12.0. The zero-order valence-electron chi connectivity index (χ0n) is 12.2. The second kappa shape index (κ2) is 7.65. The molecule has 5 heteroatoms. The summed E-state index contributed by atoms with van der Waals surface area (Å²) in [7, 11) is 1.76. The quantitative estimate of drug-likeness (QED) is 0.788. The van der Waals surface area contributed by atoms with E-state index in [9.17, 15) is 9.59 Å². The largest absolute Gasteiger partial charge is 0.481 e. The van der Waals surface area contributed by atoms with Gasteiger partial charge in [-0.3, -0.25) is 9.59 Å². The highest BCUT2D eigenvalue weighted by Crippen LogP contribution is 2.10. The highest BCUT2D eigenvalue weighted by molar-refractivity contribution is 5.81. The molecule has 0 bridgehead atoms. The van der Waals surface area contributed by atoms with Crippen molar-refractivity contribution < 1.29 is 14.7 Å². The summed E-state index contributed by atoms with van der Waals surface area (Å²) >= 11 is 0. The first-order valence-electron chi connectivity index (χ1n) is 6.72. The number of benzene rings is 1. The van der Waals surface area contributed by atoms with Crippen molar-refractivity contribution in [1.82, 2.24) is 10.2 Å². The molecular formula is C15H22N2O3. The van der Waals surface area contributed by atoms with Crippen LogP contribution >= 0.6 is 0 Å². The van der Waals surface area contributed by atoms with Crippen LogP contribution in [-0.2, 0) is 22.6 Å². The topological polar surface area (TPSA) is 69.6 Å². The second-order valence-corrected chi connectivity index (χ2v) is 4.79. The molecule has 1 aromatic carbocycles. The second-order valence-electron chi connectivity index (χ2n) is 4.79. The van der Waals surface area contributed by atoms with Gasteiger partial charge in [-0.25, -0.2) is 0 Å². The van der Waals surface area contributed by atoms with E-state index in [1.807, 2.05) is 32.0 Å². The average molecular weight is 278 g/mol. The van der Waals surface area contributed by atoms with Crippen LogP contribution in [0.25, 0.3) is 0 Å². The Morgan fingerprint density at radius 1 is 1.30 bits per heavy atom. The Balaban J connectivity index is 2.65. The predicted octanol–water partition coefficient (Wildman–Crippen LogP) is 1.27. The molecule has 0 aromatic heterocycles. The molecule has 0 spiro atoms. The van der Waals surface area contributed by atoms with Gasteiger partial charge in [0, 0.05) is 20.1 Å². The maximum atomic E-state index is 11.9. The van der Waals surface area contributed by atoms with Crippen LogP contribution in [0.3, 0.4) is 0 Å². The molecule has 0 heterocycles. The van der Waals surface area contributed by atoms with Crippen LogP contribution in [0, 0.1) is 0 Å². The van der Waals surface area contributed by atoms with E-state index in [0.29, 0.717) is 13.1 Å². The SMILES string of the molecule is CCN(C)C(=O)C(C)NCc1ccccc1CC(=O)O. The van der Waals surface area contributed by atoms with E-state index in [1.165, 1.54) is 0 Å². The number of carbonyl (C=O) groups excluding carboxylic acids is 1. The zero-order valence-corrected chi connectivity index (χ0v) is 12.2. The zero-order chi connectivity index (χ0) is 15.1. The number of rotatable bonds is 7. The van der Waals surface area contributed by atoms with Crippen molar-refractivity contribution >= 4 is 11.9 Å². The fourth-order valence-corrected chi connectivity index (χ4v) is 1.90. The number of hydrogen-bond acceptors (Lipinski definition) is 3. The van der Waals surface area contributed by atoms with Crippen LogP contribution in [0.5, 0.6) is 0 Å². The molecule has 2 N–H and O–H groups in total. The van der Waals surface area contributed by atoms with Crippen LogP contribution in [0.15, 0.2) is 24.3 Å². The minimum Gasteiger partial charge on any atom is -0.481 e. The van der Waals surface area contributed by atoms with E-state index in [0.717, 1.165) is 11.1 Å². The monoisotopic (exact) mass is 278 g/mol. The molecule has 1 aromatic rings. The van der Waals surface area contributed by atoms with E-state index in [1.54, 1.807) is 18.0 Å². The molecule has 0 aliphatic rings. The molecule has 0 aliphatic carbocycles. The van der Waals surface area contributed by atoms with Crippen LogP contribution in [0.2, 0.25) is 0 Å². The smallest absolute Gasteiger partial charge is 0.307 e. The normalized spacial score (nSPS) is 11.9. The van der Waals surface area contributed by atoms with E-state index in [4.69, 9.17) is 5.11 Å². The molecule has 0 aliphatic heterocycles. The van der Waals surface area contributed by atoms with Gasteiger partial charge in [-0.1, -0.05) is 24.3 Å². The lowest BCUT2D eigenvalue weighted by atomic mass is 10.0. The van der Waals surface area contributed by atoms with E-state index in [2.05, 4.69) is 5.32 Å². The Morgan fingerprint density at radius 3 is 2.45 bits per heavy atom. The first-order chi connectivity index (χ1) is 9.45. The number of likely N-dealkylation sites (N-methyl/N-ethyl adjacent to an activating group) is 1. The van der Waals surface area contributed by atoms with E-state index >= 15 is 0 Å². The van der Waals surface area contributed by atoms with Crippen LogP contribution in [0.4, 0.5) is 0 Å². The molecule has 0 saturated heterocycles. The van der Waals surface area contributed by atoms with Gasteiger partial charge in [0.05, 0.1) is 12.5 Å². The lowest BCUT2D eigenvalue weighted by Crippen LogP contribution is -2.42. The number of aliphatic carboxylic acids is 1. The van der Waals surface area contributed by atoms with Crippen molar-refractivity contribution in [2.45, 2.75) is 32.9 Å². The van der Waals surface area contributed by atoms with Gasteiger partial charge in [0.2, 0.25) is 5.91 Å². The third kappa shape index (κ3) is 4.66. The average Bonchev–Trinajstić information content (AvgIpc) is 2.43. The lowest BCUT2D eigenvalue weighted by molar-refractivity contribution is -0.136. The van der Waals surface area contributed by atoms with Crippen molar-refractivity contribution in [2.24, 2.45) is 0 Å². The van der Waals surface area contributed by atoms with Crippen molar-refractivity contribution in [3.63, 3.8) is 0 Å². The molecule has 110 valence electrons. The predicted molar refractivity (Wildman–Crippen MR) is 77.4 cm³/mol. The maximum Gasteiger partial charge on any atom is 0.307 e. The van der Waals surface area contributed by atoms with Crippen LogP contribution < -0.4 is 5.32 Å². The van der Waals surface area contributed by atoms with Gasteiger partial charge < -0.3 is 15.3 Å². The number of carboxylic acids is 1. The summed E-state index contributed by atoms with van der Waals surface area (Å²) in [6, 6.07) is 7.08. The summed E-state index contributed by atoms with van der Waals surface area (Å²) in [5.41, 5.74) is 1.68. The third-order valence-corrected chi connectivity index (χ3v) is 3.28. The molecule has 5 nitrogen and oxygen atoms in total. The van der Waals surface area contributed by atoms with Gasteiger partial charge in [-0.2, -0.15) is 0 Å². The summed E-state index contributed by atoms with van der Waals surface area (Å²) < 4.78 is 0. The number of amides is 1. The van der Waals surface area contributed by atoms with Crippen molar-refractivity contribution in [2.75, 3.05) is 13.6 Å². The molecule has 0 radical (unpaired) electrons. The molecular weight excluding hydrogens is 256 g/mol. The van der Waals surface area contributed by atoms with Gasteiger partial charge in [0.1, 0.15) is 0 Å². The van der Waals surface area contributed by atoms with E-state index in [-0.39, 0.29) is 18.4 Å². The number of carboxylic acid groups (broad SMARTS) is 1. The first-order valence-corrected chi connectivity index (χ1v) is 6.72. The van der Waals surface area contributed by atoms with Crippen molar-refractivity contribution in [3.8, 4) is 0 Å². The molecule has 1 amide bonds. The fraction of sp³-hybridized carbons (Fsp3) is 0.467. The molecule has 0 fully saturated rings. The molecule has 1 unspecified atom stereocenters. The van der Waals surface area contributed by atoms with Gasteiger partial charge in [-0.05, 0) is 25.0 Å². The minimum absolute atomic E-state index is 0.00492. The Labute approximate surface area is 119 Å². The maximum absolute atomic E-state index is 11.9. The Hall–Kier alpha value is -1.88. The summed E-state index contributed by atoms with van der Waals surface area (Å²) in [6.07, 6.45) is -0.00492. The fourth-order valence-electron chi connectivity index (χ4n) is 1.90. The Kier molecular flexibility index (Phi) is 6.18. The van der Waals surface area contributed by atoms with Crippen LogP contribution in [0.1, 0.15) is 25.0 Å². The molecule has 1 rings (SSSR count). The van der Waals surface area contributed by atoms with Gasteiger partial charge in [0.25, 0.3) is 0 Å². The highest BCUT2D eigenvalue weighted by Gasteiger charge is 2.16. The van der Waals surface area contributed by atoms with Crippen LogP contribution in [-0.4, -0.2) is 41.5 Å². The number of nitrogens with zero attached hydrogens (tertiary/aromatic N) is 1. The third-order valence-electron chi connectivity index (χ3n) is 3.28. The first kappa shape index (κ1) is 16.2. The minimum atomic E-state index is -0.854. The Bertz CT molecular complexity index is 474. The van der Waals surface area contributed by atoms with Gasteiger partial charge in [0.15, 0.2) is 0 Å². The standard InChI is InChI=1S/C15H22N2O3/c1-4-17(3)15(20)11(2)16-10-13-8-6-5-7-12(13)9-14(18)19/h5-8,11,16H,4,9-10H2,1-3H3,(H,18,19). The summed E-state index contributed by atoms with van der Waals surface area (Å²) in [5.74, 6) is -0.824. The van der Waals surface area contributed by atoms with Crippen molar-refractivity contribution in [1.29, 1.82) is 0 Å². The van der Waals surface area contributed by atoms with Gasteiger partial charge in [-0.15, -0.1) is 0 Å². The molecule has 1 atom stereocenters. The highest BCUT2D eigenvalue weighted by atomic mass is 16.4. The number of hydrogen-bond donors (Lipinski definition) is 2. The van der Waals surface area contributed by atoms with Crippen molar-refractivity contribution in [3.05, 3.63) is 35.4 Å².